The Hall–Kier alpha value is -1.19. The van der Waals surface area contributed by atoms with E-state index in [2.05, 4.69) is 28.2 Å². The van der Waals surface area contributed by atoms with Crippen molar-refractivity contribution < 1.29 is 29.0 Å². The van der Waals surface area contributed by atoms with Crippen LogP contribution in [0.4, 0.5) is 0 Å². The van der Waals surface area contributed by atoms with Gasteiger partial charge in [-0.3, -0.25) is 14.4 Å². The summed E-state index contributed by atoms with van der Waals surface area (Å²) in [5, 5.41) is 13.3. The first-order chi connectivity index (χ1) is 15.2. The van der Waals surface area contributed by atoms with Crippen molar-refractivity contribution in [3.05, 3.63) is 0 Å². The number of esters is 1. The quantitative estimate of drug-likeness (QED) is 0.340. The van der Waals surface area contributed by atoms with Gasteiger partial charge in [-0.1, -0.05) is 49.5 Å². The highest BCUT2D eigenvalue weighted by atomic mass is 79.9. The minimum absolute atomic E-state index is 0.0273. The lowest BCUT2D eigenvalue weighted by atomic mass is 9.70. The average molecular weight is 517 g/mol. The topological polar surface area (TPSA) is 105 Å². The van der Waals surface area contributed by atoms with Gasteiger partial charge in [0.2, 0.25) is 11.8 Å². The lowest BCUT2D eigenvalue weighted by Gasteiger charge is -2.39. The molecule has 3 heterocycles. The molecule has 2 N–H and O–H groups in total. The predicted molar refractivity (Wildman–Crippen MR) is 122 cm³/mol. The summed E-state index contributed by atoms with van der Waals surface area (Å²) in [4.78, 5) is 41.8. The molecule has 182 valence electrons. The Kier molecular flexibility index (Phi) is 7.93. The highest BCUT2D eigenvalue weighted by Gasteiger charge is 2.77. The van der Waals surface area contributed by atoms with Gasteiger partial charge < -0.3 is 24.8 Å². The Balaban J connectivity index is 2.07. The minimum atomic E-state index is -1.12. The first-order valence-electron chi connectivity index (χ1n) is 11.9. The second-order valence-corrected chi connectivity index (χ2v) is 10.7. The van der Waals surface area contributed by atoms with Crippen molar-refractivity contribution in [2.75, 3.05) is 13.2 Å². The first kappa shape index (κ1) is 25.4. The van der Waals surface area contributed by atoms with Crippen LogP contribution in [0.5, 0.6) is 0 Å². The maximum Gasteiger partial charge on any atom is 0.312 e. The number of aliphatic hydroxyl groups is 1. The molecule has 3 saturated heterocycles. The van der Waals surface area contributed by atoms with Gasteiger partial charge in [0.25, 0.3) is 0 Å². The number of amides is 2. The molecule has 1 spiro atoms. The Bertz CT molecular complexity index is 735. The molecule has 32 heavy (non-hydrogen) atoms. The van der Waals surface area contributed by atoms with Crippen molar-refractivity contribution in [3.63, 3.8) is 0 Å². The van der Waals surface area contributed by atoms with E-state index in [-0.39, 0.29) is 41.8 Å². The van der Waals surface area contributed by atoms with Crippen molar-refractivity contribution in [1.82, 2.24) is 10.2 Å². The number of fused-ring (bicyclic) bond motifs is 1. The van der Waals surface area contributed by atoms with E-state index in [4.69, 9.17) is 9.47 Å². The van der Waals surface area contributed by atoms with Crippen LogP contribution in [-0.2, 0) is 23.9 Å². The number of hydrogen-bond donors (Lipinski definition) is 2. The number of carbonyl (C=O) groups excluding carboxylic acids is 3. The molecule has 0 radical (unpaired) electrons. The third-order valence-corrected chi connectivity index (χ3v) is 8.33. The third kappa shape index (κ3) is 3.98. The molecule has 4 unspecified atom stereocenters. The van der Waals surface area contributed by atoms with Crippen LogP contribution >= 0.6 is 15.9 Å². The fourth-order valence-corrected chi connectivity index (χ4v) is 6.82. The van der Waals surface area contributed by atoms with Gasteiger partial charge in [0.15, 0.2) is 0 Å². The van der Waals surface area contributed by atoms with Gasteiger partial charge in [-0.25, -0.2) is 0 Å². The summed E-state index contributed by atoms with van der Waals surface area (Å²) < 4.78 is 11.7. The molecule has 0 aromatic rings. The number of hydrogen-bond acceptors (Lipinski definition) is 6. The number of rotatable bonds is 10. The van der Waals surface area contributed by atoms with Crippen LogP contribution in [0.15, 0.2) is 0 Å². The molecule has 2 amide bonds. The smallest absolute Gasteiger partial charge is 0.312 e. The van der Waals surface area contributed by atoms with Gasteiger partial charge in [0.05, 0.1) is 37.2 Å². The number of ether oxygens (including phenoxy) is 2. The number of alkyl halides is 1. The monoisotopic (exact) mass is 516 g/mol. The zero-order valence-corrected chi connectivity index (χ0v) is 21.3. The van der Waals surface area contributed by atoms with E-state index in [0.29, 0.717) is 6.42 Å². The van der Waals surface area contributed by atoms with Crippen LogP contribution < -0.4 is 5.32 Å². The molecular formula is C23H37BrN2O6. The lowest BCUT2D eigenvalue weighted by molar-refractivity contribution is -0.155. The van der Waals surface area contributed by atoms with Crippen molar-refractivity contribution in [2.45, 2.75) is 95.0 Å². The van der Waals surface area contributed by atoms with Gasteiger partial charge in [0, 0.05) is 10.9 Å². The summed E-state index contributed by atoms with van der Waals surface area (Å²) in [6.07, 6.45) is 2.39. The molecular weight excluding hydrogens is 480 g/mol. The van der Waals surface area contributed by atoms with Crippen molar-refractivity contribution in [1.29, 1.82) is 0 Å². The molecule has 0 aromatic carbocycles. The van der Waals surface area contributed by atoms with Crippen LogP contribution in [0.3, 0.4) is 0 Å². The summed E-state index contributed by atoms with van der Waals surface area (Å²) in [7, 11) is 0. The summed E-state index contributed by atoms with van der Waals surface area (Å²) in [6, 6.07) is -1.51. The van der Waals surface area contributed by atoms with E-state index < -0.39 is 41.6 Å². The molecule has 0 aliphatic carbocycles. The first-order valence-corrected chi connectivity index (χ1v) is 12.8. The second-order valence-electron chi connectivity index (χ2n) is 9.49. The van der Waals surface area contributed by atoms with Crippen LogP contribution in [-0.4, -0.2) is 75.7 Å². The molecule has 3 fully saturated rings. The normalized spacial score (nSPS) is 36.0. The fraction of sp³-hybridized carbons (Fsp3) is 0.870. The van der Waals surface area contributed by atoms with E-state index >= 15 is 0 Å². The van der Waals surface area contributed by atoms with Gasteiger partial charge in [0.1, 0.15) is 11.6 Å². The highest BCUT2D eigenvalue weighted by molar-refractivity contribution is 9.09. The molecule has 9 heteroatoms. The van der Waals surface area contributed by atoms with Crippen LogP contribution in [0.1, 0.15) is 60.3 Å². The summed E-state index contributed by atoms with van der Waals surface area (Å²) >= 11 is 3.63. The molecule has 2 bridgehead atoms. The number of aliphatic hydroxyl groups excluding tert-OH is 1. The summed E-state index contributed by atoms with van der Waals surface area (Å²) in [5.74, 6) is -2.64. The van der Waals surface area contributed by atoms with Crippen LogP contribution in [0.25, 0.3) is 0 Å². The number of likely N-dealkylation sites (tertiary alicyclic amines) is 1. The summed E-state index contributed by atoms with van der Waals surface area (Å²) in [5.41, 5.74) is -1.12. The third-order valence-electron chi connectivity index (χ3n) is 7.49. The van der Waals surface area contributed by atoms with E-state index in [0.717, 1.165) is 19.3 Å². The number of halogens is 1. The molecule has 8 nitrogen and oxygen atoms in total. The van der Waals surface area contributed by atoms with E-state index in [1.807, 2.05) is 20.8 Å². The fourth-order valence-electron chi connectivity index (χ4n) is 5.87. The van der Waals surface area contributed by atoms with Crippen molar-refractivity contribution >= 4 is 33.7 Å². The molecule has 3 aliphatic rings. The maximum absolute atomic E-state index is 13.9. The molecule has 3 rings (SSSR count). The van der Waals surface area contributed by atoms with E-state index in [1.54, 1.807) is 6.92 Å². The second kappa shape index (κ2) is 9.97. The largest absolute Gasteiger partial charge is 0.466 e. The van der Waals surface area contributed by atoms with E-state index in [9.17, 15) is 19.5 Å². The average Bonchev–Trinajstić information content (AvgIpc) is 3.32. The summed E-state index contributed by atoms with van der Waals surface area (Å²) in [6.45, 7) is 9.62. The van der Waals surface area contributed by atoms with Gasteiger partial charge >= 0.3 is 5.97 Å². The standard InChI is InChI=1S/C23H37BrN2O6/c1-6-9-13(5)25-20(28)19-23-10-14(24)18(32-23)16(22(30)31-8-3)17(23)21(29)26(19)15(11-27)12(4)7-2/h12-19,27H,6-11H2,1-5H3,(H,25,28)/t12-,13?,14?,15-,16-,17-,18-,19?,23?/m0/s1. The Morgan fingerprint density at radius 2 is 2.03 bits per heavy atom. The zero-order chi connectivity index (χ0) is 23.8. The van der Waals surface area contributed by atoms with Crippen molar-refractivity contribution in [3.8, 4) is 0 Å². The van der Waals surface area contributed by atoms with Gasteiger partial charge in [-0.15, -0.1) is 0 Å². The highest BCUT2D eigenvalue weighted by Crippen LogP contribution is 2.60. The maximum atomic E-state index is 13.9. The lowest BCUT2D eigenvalue weighted by Crippen LogP contribution is -2.60. The Morgan fingerprint density at radius 3 is 2.59 bits per heavy atom. The van der Waals surface area contributed by atoms with Crippen LogP contribution in [0, 0.1) is 17.8 Å². The molecule has 3 aliphatic heterocycles. The Labute approximate surface area is 198 Å². The number of carbonyl (C=O) groups is 3. The molecule has 0 saturated carbocycles. The molecule has 9 atom stereocenters. The zero-order valence-electron chi connectivity index (χ0n) is 19.7. The van der Waals surface area contributed by atoms with Crippen LogP contribution in [0.2, 0.25) is 0 Å². The van der Waals surface area contributed by atoms with Gasteiger partial charge in [-0.2, -0.15) is 0 Å². The predicted octanol–water partition coefficient (Wildman–Crippen LogP) is 2.01. The van der Waals surface area contributed by atoms with Gasteiger partial charge in [-0.05, 0) is 32.6 Å². The van der Waals surface area contributed by atoms with E-state index in [1.165, 1.54) is 4.90 Å². The molecule has 0 aromatic heterocycles. The number of nitrogens with zero attached hydrogens (tertiary/aromatic N) is 1. The van der Waals surface area contributed by atoms with Crippen molar-refractivity contribution in [2.24, 2.45) is 17.8 Å². The Morgan fingerprint density at radius 1 is 1.34 bits per heavy atom. The number of nitrogens with one attached hydrogen (secondary N) is 1. The SMILES string of the molecule is CCCC(C)NC(=O)C1N([C@@H](CO)[C@@H](C)CC)C(=O)[C@@H]2[C@H](C(=O)OCC)[C@H]3OC12CC3Br. The minimum Gasteiger partial charge on any atom is -0.466 e.